The molecule has 7 heteroatoms. The fraction of sp³-hybridized carbons (Fsp3) is 0.583. The summed E-state index contributed by atoms with van der Waals surface area (Å²) in [5.74, 6) is -1.49. The number of carboxylic acids is 1. The molecule has 0 radical (unpaired) electrons. The normalized spacial score (nSPS) is 17.8. The summed E-state index contributed by atoms with van der Waals surface area (Å²) in [5.41, 5.74) is -0.529. The molecule has 2 N–H and O–H groups in total. The van der Waals surface area contributed by atoms with Gasteiger partial charge in [-0.25, -0.2) is 4.79 Å². The Morgan fingerprint density at radius 1 is 1.58 bits per heavy atom. The number of aromatic nitrogens is 1. The minimum absolute atomic E-state index is 0.0192. The fourth-order valence-electron chi connectivity index (χ4n) is 2.06. The number of carbonyl (C=O) groups is 2. The van der Waals surface area contributed by atoms with Gasteiger partial charge in [-0.2, -0.15) is 0 Å². The molecule has 1 aromatic heterocycles. The third kappa shape index (κ3) is 2.70. The van der Waals surface area contributed by atoms with Gasteiger partial charge in [-0.1, -0.05) is 11.3 Å². The van der Waals surface area contributed by atoms with Crippen LogP contribution in [-0.4, -0.2) is 27.1 Å². The Balaban J connectivity index is 2.09. The average Bonchev–Trinajstić information content (AvgIpc) is 3.12. The topological polar surface area (TPSA) is 88.4 Å². The van der Waals surface area contributed by atoms with Gasteiger partial charge in [0.15, 0.2) is 0 Å². The van der Waals surface area contributed by atoms with Crippen LogP contribution in [0.5, 0.6) is 0 Å². The third-order valence-corrected chi connectivity index (χ3v) is 4.40. The lowest BCUT2D eigenvalue weighted by Crippen LogP contribution is -2.55. The molecule has 0 aromatic carbocycles. The summed E-state index contributed by atoms with van der Waals surface area (Å²) >= 11 is 1.03. The summed E-state index contributed by atoms with van der Waals surface area (Å²) in [7, 11) is 0. The van der Waals surface area contributed by atoms with Crippen molar-refractivity contribution in [2.24, 2.45) is 5.92 Å². The zero-order valence-electron chi connectivity index (χ0n) is 10.8. The van der Waals surface area contributed by atoms with Crippen molar-refractivity contribution in [1.82, 2.24) is 9.88 Å². The van der Waals surface area contributed by atoms with Gasteiger partial charge in [-0.3, -0.25) is 14.2 Å². The highest BCUT2D eigenvalue weighted by molar-refractivity contribution is 7.07. The Kier molecular flexibility index (Phi) is 3.49. The molecular weight excluding hydrogens is 268 g/mol. The molecule has 0 spiro atoms. The van der Waals surface area contributed by atoms with Crippen LogP contribution in [0.15, 0.2) is 10.2 Å². The second-order valence-corrected chi connectivity index (χ2v) is 5.88. The fourth-order valence-corrected chi connectivity index (χ4v) is 2.79. The zero-order valence-corrected chi connectivity index (χ0v) is 11.6. The molecule has 1 fully saturated rings. The molecule has 1 amide bonds. The van der Waals surface area contributed by atoms with Gasteiger partial charge in [0.2, 0.25) is 5.91 Å². The zero-order chi connectivity index (χ0) is 14.2. The van der Waals surface area contributed by atoms with Gasteiger partial charge in [0.25, 0.3) is 0 Å². The number of carboxylic acid groups (broad SMARTS) is 1. The lowest BCUT2D eigenvalue weighted by Gasteiger charge is -2.26. The lowest BCUT2D eigenvalue weighted by atomic mass is 9.96. The summed E-state index contributed by atoms with van der Waals surface area (Å²) in [6, 6.07) is 0. The number of hydrogen-bond acceptors (Lipinski definition) is 4. The number of thiazole rings is 1. The van der Waals surface area contributed by atoms with Crippen molar-refractivity contribution in [3.8, 4) is 0 Å². The Morgan fingerprint density at radius 2 is 2.21 bits per heavy atom. The van der Waals surface area contributed by atoms with Crippen LogP contribution in [0, 0.1) is 12.8 Å². The lowest BCUT2D eigenvalue weighted by molar-refractivity contribution is -0.148. The Hall–Kier alpha value is -1.63. The van der Waals surface area contributed by atoms with Crippen molar-refractivity contribution in [3.05, 3.63) is 20.7 Å². The number of aryl methyl sites for hydroxylation is 1. The third-order valence-electron chi connectivity index (χ3n) is 3.52. The number of rotatable bonds is 5. The molecule has 1 saturated carbocycles. The molecular formula is C12H16N2O4S. The van der Waals surface area contributed by atoms with Crippen molar-refractivity contribution in [1.29, 1.82) is 0 Å². The van der Waals surface area contributed by atoms with E-state index in [1.54, 1.807) is 12.3 Å². The number of carbonyl (C=O) groups excluding carboxylic acids is 1. The Morgan fingerprint density at radius 3 is 2.63 bits per heavy atom. The van der Waals surface area contributed by atoms with E-state index < -0.39 is 17.4 Å². The molecule has 1 aromatic rings. The monoisotopic (exact) mass is 284 g/mol. The SMILES string of the molecule is Cc1csc(=O)n1CC(=O)NC(C)(C(=O)O)C1CC1. The van der Waals surface area contributed by atoms with Gasteiger partial charge in [-0.05, 0) is 32.6 Å². The molecule has 0 bridgehead atoms. The van der Waals surface area contributed by atoms with E-state index in [1.165, 1.54) is 11.5 Å². The molecule has 0 aliphatic heterocycles. The largest absolute Gasteiger partial charge is 0.480 e. The first-order valence-electron chi connectivity index (χ1n) is 6.04. The van der Waals surface area contributed by atoms with Gasteiger partial charge in [0, 0.05) is 11.1 Å². The molecule has 19 heavy (non-hydrogen) atoms. The van der Waals surface area contributed by atoms with Crippen LogP contribution in [0.3, 0.4) is 0 Å². The van der Waals surface area contributed by atoms with E-state index in [2.05, 4.69) is 5.32 Å². The summed E-state index contributed by atoms with van der Waals surface area (Å²) in [6.07, 6.45) is 1.61. The number of hydrogen-bond donors (Lipinski definition) is 2. The number of nitrogens with zero attached hydrogens (tertiary/aromatic N) is 1. The van der Waals surface area contributed by atoms with E-state index in [1.807, 2.05) is 0 Å². The summed E-state index contributed by atoms with van der Waals surface area (Å²) in [6.45, 7) is 3.13. The first-order valence-corrected chi connectivity index (χ1v) is 6.92. The summed E-state index contributed by atoms with van der Waals surface area (Å²) < 4.78 is 1.34. The minimum Gasteiger partial charge on any atom is -0.480 e. The van der Waals surface area contributed by atoms with E-state index >= 15 is 0 Å². The van der Waals surface area contributed by atoms with E-state index in [0.717, 1.165) is 24.2 Å². The second kappa shape index (κ2) is 4.80. The molecule has 6 nitrogen and oxygen atoms in total. The van der Waals surface area contributed by atoms with Crippen LogP contribution in [0.4, 0.5) is 0 Å². The molecule has 104 valence electrons. The predicted molar refractivity (Wildman–Crippen MR) is 70.2 cm³/mol. The minimum atomic E-state index is -1.23. The first-order chi connectivity index (χ1) is 8.84. The van der Waals surface area contributed by atoms with E-state index in [0.29, 0.717) is 5.69 Å². The van der Waals surface area contributed by atoms with Crippen molar-refractivity contribution < 1.29 is 14.7 Å². The quantitative estimate of drug-likeness (QED) is 0.828. The van der Waals surface area contributed by atoms with Gasteiger partial charge >= 0.3 is 10.8 Å². The van der Waals surface area contributed by atoms with Crippen LogP contribution in [-0.2, 0) is 16.1 Å². The summed E-state index contributed by atoms with van der Waals surface area (Å²) in [5, 5.41) is 13.5. The highest BCUT2D eigenvalue weighted by atomic mass is 32.1. The highest BCUT2D eigenvalue weighted by Crippen LogP contribution is 2.39. The Labute approximate surface area is 114 Å². The van der Waals surface area contributed by atoms with E-state index in [-0.39, 0.29) is 17.3 Å². The second-order valence-electron chi connectivity index (χ2n) is 5.06. The molecule has 1 heterocycles. The molecule has 1 aliphatic rings. The number of aliphatic carboxylic acids is 1. The van der Waals surface area contributed by atoms with E-state index in [9.17, 15) is 19.5 Å². The van der Waals surface area contributed by atoms with Gasteiger partial charge in [-0.15, -0.1) is 0 Å². The van der Waals surface area contributed by atoms with Gasteiger partial charge in [0.05, 0.1) is 0 Å². The van der Waals surface area contributed by atoms with Gasteiger partial charge < -0.3 is 10.4 Å². The van der Waals surface area contributed by atoms with Crippen LogP contribution in [0.2, 0.25) is 0 Å². The van der Waals surface area contributed by atoms with E-state index in [4.69, 9.17) is 0 Å². The van der Waals surface area contributed by atoms with Crippen molar-refractivity contribution in [3.63, 3.8) is 0 Å². The maximum absolute atomic E-state index is 11.9. The number of nitrogens with one attached hydrogen (secondary N) is 1. The maximum Gasteiger partial charge on any atom is 0.329 e. The summed E-state index contributed by atoms with van der Waals surface area (Å²) in [4.78, 5) is 34.5. The Bertz CT molecular complexity index is 573. The standard InChI is InChI=1S/C12H16N2O4S/c1-7-6-19-11(18)14(7)5-9(15)13-12(2,10(16)17)8-3-4-8/h6,8H,3-5H2,1-2H3,(H,13,15)(H,16,17). The highest BCUT2D eigenvalue weighted by Gasteiger charge is 2.48. The van der Waals surface area contributed by atoms with Crippen LogP contribution in [0.1, 0.15) is 25.5 Å². The molecule has 2 rings (SSSR count). The molecule has 0 saturated heterocycles. The number of amides is 1. The first kappa shape index (κ1) is 13.8. The van der Waals surface area contributed by atoms with Crippen molar-refractivity contribution >= 4 is 23.2 Å². The average molecular weight is 284 g/mol. The van der Waals surface area contributed by atoms with Gasteiger partial charge in [0.1, 0.15) is 12.1 Å². The molecule has 1 atom stereocenters. The smallest absolute Gasteiger partial charge is 0.329 e. The molecule has 1 unspecified atom stereocenters. The maximum atomic E-state index is 11.9. The molecule has 1 aliphatic carbocycles. The van der Waals surface area contributed by atoms with Crippen LogP contribution < -0.4 is 10.2 Å². The van der Waals surface area contributed by atoms with Crippen LogP contribution >= 0.6 is 11.3 Å². The van der Waals surface area contributed by atoms with Crippen LogP contribution in [0.25, 0.3) is 0 Å². The predicted octanol–water partition coefficient (Wildman–Crippen LogP) is 0.588. The van der Waals surface area contributed by atoms with Crippen molar-refractivity contribution in [2.45, 2.75) is 38.8 Å². The van der Waals surface area contributed by atoms with Crippen molar-refractivity contribution in [2.75, 3.05) is 0 Å².